The lowest BCUT2D eigenvalue weighted by molar-refractivity contribution is -0.142. The summed E-state index contributed by atoms with van der Waals surface area (Å²) >= 11 is 0. The molecule has 0 aliphatic heterocycles. The number of unbranched alkanes of at least 4 members (excludes halogenated alkanes) is 1. The Bertz CT molecular complexity index is 369. The molecule has 0 aromatic carbocycles. The average molecular weight is 308 g/mol. The molecule has 0 spiro atoms. The summed E-state index contributed by atoms with van der Waals surface area (Å²) in [5, 5.41) is 0. The van der Waals surface area contributed by atoms with E-state index in [4.69, 9.17) is 5.73 Å². The standard InChI is InChI=1S/C18H32N2O2/c1-2-3-6-14-9-11-15(12-10-14)18(22)20(13-17(19)21)16-7-4-5-8-16/h14-16H,2-13H2,1H3,(H2,19,21). The van der Waals surface area contributed by atoms with Crippen LogP contribution in [0.3, 0.4) is 0 Å². The Kier molecular flexibility index (Phi) is 6.71. The van der Waals surface area contributed by atoms with Gasteiger partial charge in [-0.25, -0.2) is 0 Å². The molecule has 4 heteroatoms. The number of hydrogen-bond donors (Lipinski definition) is 1. The predicted octanol–water partition coefficient (Wildman–Crippen LogP) is 3.24. The van der Waals surface area contributed by atoms with Crippen molar-refractivity contribution in [2.75, 3.05) is 6.54 Å². The van der Waals surface area contributed by atoms with Gasteiger partial charge in [-0.3, -0.25) is 9.59 Å². The summed E-state index contributed by atoms with van der Waals surface area (Å²) in [5.41, 5.74) is 5.37. The second kappa shape index (κ2) is 8.54. The topological polar surface area (TPSA) is 63.4 Å². The Balaban J connectivity index is 1.89. The van der Waals surface area contributed by atoms with Crippen LogP contribution in [0.15, 0.2) is 0 Å². The molecule has 0 atom stereocenters. The molecule has 4 nitrogen and oxygen atoms in total. The van der Waals surface area contributed by atoms with Crippen molar-refractivity contribution >= 4 is 11.8 Å². The van der Waals surface area contributed by atoms with Crippen molar-refractivity contribution in [3.8, 4) is 0 Å². The van der Waals surface area contributed by atoms with Crippen molar-refractivity contribution in [3.63, 3.8) is 0 Å². The summed E-state index contributed by atoms with van der Waals surface area (Å²) in [7, 11) is 0. The maximum absolute atomic E-state index is 12.9. The molecule has 2 fully saturated rings. The van der Waals surface area contributed by atoms with E-state index < -0.39 is 0 Å². The molecule has 0 heterocycles. The highest BCUT2D eigenvalue weighted by Crippen LogP contribution is 2.34. The minimum Gasteiger partial charge on any atom is -0.368 e. The van der Waals surface area contributed by atoms with Gasteiger partial charge in [-0.15, -0.1) is 0 Å². The van der Waals surface area contributed by atoms with E-state index in [0.29, 0.717) is 0 Å². The van der Waals surface area contributed by atoms with Crippen LogP contribution in [-0.4, -0.2) is 29.3 Å². The fraction of sp³-hybridized carbons (Fsp3) is 0.889. The number of nitrogens with zero attached hydrogens (tertiary/aromatic N) is 1. The number of amides is 2. The summed E-state index contributed by atoms with van der Waals surface area (Å²) in [5.74, 6) is 0.745. The Hall–Kier alpha value is -1.06. The monoisotopic (exact) mass is 308 g/mol. The van der Waals surface area contributed by atoms with Gasteiger partial charge in [0.1, 0.15) is 0 Å². The highest BCUT2D eigenvalue weighted by molar-refractivity contribution is 5.85. The molecule has 2 saturated carbocycles. The van der Waals surface area contributed by atoms with Crippen LogP contribution in [0.25, 0.3) is 0 Å². The lowest BCUT2D eigenvalue weighted by Gasteiger charge is -2.34. The fourth-order valence-electron chi connectivity index (χ4n) is 4.20. The van der Waals surface area contributed by atoms with Crippen LogP contribution in [0.5, 0.6) is 0 Å². The highest BCUT2D eigenvalue weighted by Gasteiger charge is 2.34. The molecule has 126 valence electrons. The molecule has 22 heavy (non-hydrogen) atoms. The number of hydrogen-bond acceptors (Lipinski definition) is 2. The molecule has 0 aromatic rings. The van der Waals surface area contributed by atoms with Gasteiger partial charge in [0, 0.05) is 12.0 Å². The van der Waals surface area contributed by atoms with Crippen LogP contribution in [0.4, 0.5) is 0 Å². The average Bonchev–Trinajstić information content (AvgIpc) is 3.04. The molecule has 2 rings (SSSR count). The minimum absolute atomic E-state index is 0.110. The number of rotatable bonds is 7. The second-order valence-electron chi connectivity index (χ2n) is 7.23. The SMILES string of the molecule is CCCCC1CCC(C(=O)N(CC(N)=O)C2CCCC2)CC1. The summed E-state index contributed by atoms with van der Waals surface area (Å²) in [4.78, 5) is 26.0. The zero-order chi connectivity index (χ0) is 15.9. The van der Waals surface area contributed by atoms with E-state index in [1.165, 1.54) is 32.1 Å². The summed E-state index contributed by atoms with van der Waals surface area (Å²) in [6.07, 6.45) is 12.6. The van der Waals surface area contributed by atoms with Crippen molar-refractivity contribution in [2.45, 2.75) is 83.6 Å². The Morgan fingerprint density at radius 2 is 1.68 bits per heavy atom. The molecule has 2 aliphatic rings. The van der Waals surface area contributed by atoms with Crippen molar-refractivity contribution in [1.82, 2.24) is 4.90 Å². The van der Waals surface area contributed by atoms with Crippen molar-refractivity contribution < 1.29 is 9.59 Å². The van der Waals surface area contributed by atoms with Crippen LogP contribution in [0, 0.1) is 11.8 Å². The van der Waals surface area contributed by atoms with Gasteiger partial charge >= 0.3 is 0 Å². The van der Waals surface area contributed by atoms with E-state index in [0.717, 1.165) is 44.4 Å². The Morgan fingerprint density at radius 3 is 2.23 bits per heavy atom. The molecule has 0 saturated heterocycles. The van der Waals surface area contributed by atoms with Crippen LogP contribution in [0.2, 0.25) is 0 Å². The Labute approximate surface area is 134 Å². The van der Waals surface area contributed by atoms with E-state index in [1.807, 2.05) is 4.90 Å². The van der Waals surface area contributed by atoms with E-state index in [1.54, 1.807) is 0 Å². The van der Waals surface area contributed by atoms with Crippen LogP contribution < -0.4 is 5.73 Å². The van der Waals surface area contributed by atoms with Gasteiger partial charge in [0.15, 0.2) is 0 Å². The largest absolute Gasteiger partial charge is 0.368 e. The van der Waals surface area contributed by atoms with Crippen LogP contribution >= 0.6 is 0 Å². The third-order valence-electron chi connectivity index (χ3n) is 5.54. The second-order valence-corrected chi connectivity index (χ2v) is 7.23. The summed E-state index contributed by atoms with van der Waals surface area (Å²) in [6, 6.07) is 0.248. The van der Waals surface area contributed by atoms with Gasteiger partial charge in [-0.2, -0.15) is 0 Å². The zero-order valence-corrected chi connectivity index (χ0v) is 14.1. The lowest BCUT2D eigenvalue weighted by atomic mass is 9.79. The van der Waals surface area contributed by atoms with Crippen molar-refractivity contribution in [1.29, 1.82) is 0 Å². The molecular weight excluding hydrogens is 276 g/mol. The number of carbonyl (C=O) groups excluding carboxylic acids is 2. The highest BCUT2D eigenvalue weighted by atomic mass is 16.2. The van der Waals surface area contributed by atoms with Crippen molar-refractivity contribution in [3.05, 3.63) is 0 Å². The molecule has 2 amide bonds. The van der Waals surface area contributed by atoms with Gasteiger partial charge in [-0.05, 0) is 44.4 Å². The first-order valence-electron chi connectivity index (χ1n) is 9.20. The molecular formula is C18H32N2O2. The predicted molar refractivity (Wildman–Crippen MR) is 88.1 cm³/mol. The number of carbonyl (C=O) groups is 2. The smallest absolute Gasteiger partial charge is 0.237 e. The van der Waals surface area contributed by atoms with E-state index >= 15 is 0 Å². The molecule has 0 bridgehead atoms. The first-order chi connectivity index (χ1) is 10.6. The zero-order valence-electron chi connectivity index (χ0n) is 14.1. The van der Waals surface area contributed by atoms with Crippen molar-refractivity contribution in [2.24, 2.45) is 17.6 Å². The van der Waals surface area contributed by atoms with Gasteiger partial charge in [0.25, 0.3) is 0 Å². The molecule has 0 unspecified atom stereocenters. The molecule has 0 radical (unpaired) electrons. The first kappa shape index (κ1) is 17.3. The van der Waals surface area contributed by atoms with E-state index in [-0.39, 0.29) is 30.3 Å². The number of nitrogens with two attached hydrogens (primary N) is 1. The first-order valence-corrected chi connectivity index (χ1v) is 9.20. The molecule has 2 N–H and O–H groups in total. The normalized spacial score (nSPS) is 26.0. The summed E-state index contributed by atoms with van der Waals surface area (Å²) in [6.45, 7) is 2.34. The maximum Gasteiger partial charge on any atom is 0.237 e. The van der Waals surface area contributed by atoms with E-state index in [2.05, 4.69) is 6.92 Å². The quantitative estimate of drug-likeness (QED) is 0.784. The van der Waals surface area contributed by atoms with Gasteiger partial charge in [0.2, 0.25) is 11.8 Å². The van der Waals surface area contributed by atoms with Gasteiger partial charge in [0.05, 0.1) is 6.54 Å². The van der Waals surface area contributed by atoms with Crippen LogP contribution in [-0.2, 0) is 9.59 Å². The third-order valence-corrected chi connectivity index (χ3v) is 5.54. The maximum atomic E-state index is 12.9. The minimum atomic E-state index is -0.378. The third kappa shape index (κ3) is 4.72. The lowest BCUT2D eigenvalue weighted by Crippen LogP contribution is -2.47. The molecule has 0 aromatic heterocycles. The summed E-state index contributed by atoms with van der Waals surface area (Å²) < 4.78 is 0. The fourth-order valence-corrected chi connectivity index (χ4v) is 4.20. The van der Waals surface area contributed by atoms with Gasteiger partial charge < -0.3 is 10.6 Å². The van der Waals surface area contributed by atoms with Crippen LogP contribution in [0.1, 0.15) is 77.6 Å². The number of primary amides is 1. The molecule has 2 aliphatic carbocycles. The Morgan fingerprint density at radius 1 is 1.05 bits per heavy atom. The van der Waals surface area contributed by atoms with Gasteiger partial charge in [-0.1, -0.05) is 39.0 Å². The van der Waals surface area contributed by atoms with E-state index in [9.17, 15) is 9.59 Å².